The lowest BCUT2D eigenvalue weighted by molar-refractivity contribution is -0.131. The highest BCUT2D eigenvalue weighted by atomic mass is 16.3. The molecule has 0 aliphatic carbocycles. The number of hydrogen-bond donors (Lipinski definition) is 3. The van der Waals surface area contributed by atoms with Gasteiger partial charge in [0.2, 0.25) is 5.91 Å². The molecule has 0 unspecified atom stereocenters. The number of amides is 1. The molecule has 0 radical (unpaired) electrons. The molecule has 4 nitrogen and oxygen atoms in total. The summed E-state index contributed by atoms with van der Waals surface area (Å²) in [4.78, 5) is 10.9. The molecule has 1 atom stereocenters. The highest BCUT2D eigenvalue weighted by Crippen LogP contribution is 1.99. The summed E-state index contributed by atoms with van der Waals surface area (Å²) in [6.07, 6.45) is -0.971. The summed E-state index contributed by atoms with van der Waals surface area (Å²) in [5.41, 5.74) is 0. The van der Waals surface area contributed by atoms with E-state index in [1.807, 2.05) is 0 Å². The van der Waals surface area contributed by atoms with Crippen LogP contribution < -0.4 is 5.32 Å². The van der Waals surface area contributed by atoms with Crippen LogP contribution in [-0.2, 0) is 4.79 Å². The average Bonchev–Trinajstić information content (AvgIpc) is 1.98. The summed E-state index contributed by atoms with van der Waals surface area (Å²) in [7, 11) is 0. The van der Waals surface area contributed by atoms with Crippen LogP contribution in [0.25, 0.3) is 0 Å². The van der Waals surface area contributed by atoms with Gasteiger partial charge in [-0.25, -0.2) is 0 Å². The van der Waals surface area contributed by atoms with Crippen LogP contribution in [0.15, 0.2) is 0 Å². The number of rotatable bonds is 4. The SMILES string of the molecule is CC(C)[C@H](O)C(=O)NCCO. The van der Waals surface area contributed by atoms with E-state index in [-0.39, 0.29) is 19.1 Å². The van der Waals surface area contributed by atoms with Gasteiger partial charge < -0.3 is 15.5 Å². The van der Waals surface area contributed by atoms with Crippen LogP contribution in [0.2, 0.25) is 0 Å². The number of hydrogen-bond acceptors (Lipinski definition) is 3. The fourth-order valence-corrected chi connectivity index (χ4v) is 0.586. The maximum Gasteiger partial charge on any atom is 0.249 e. The molecule has 0 bridgehead atoms. The molecule has 3 N–H and O–H groups in total. The first-order valence-corrected chi connectivity index (χ1v) is 3.66. The van der Waals surface area contributed by atoms with E-state index in [0.29, 0.717) is 0 Å². The summed E-state index contributed by atoms with van der Waals surface area (Å²) in [5, 5.41) is 19.8. The van der Waals surface area contributed by atoms with Crippen molar-refractivity contribution in [1.82, 2.24) is 5.32 Å². The van der Waals surface area contributed by atoms with Crippen molar-refractivity contribution in [1.29, 1.82) is 0 Å². The first kappa shape index (κ1) is 10.4. The van der Waals surface area contributed by atoms with Crippen LogP contribution in [0.3, 0.4) is 0 Å². The molecule has 11 heavy (non-hydrogen) atoms. The number of carbonyl (C=O) groups is 1. The first-order chi connectivity index (χ1) is 5.09. The number of aliphatic hydroxyl groups is 2. The van der Waals surface area contributed by atoms with Crippen molar-refractivity contribution in [2.45, 2.75) is 20.0 Å². The number of nitrogens with one attached hydrogen (secondary N) is 1. The Balaban J connectivity index is 3.64. The third-order valence-electron chi connectivity index (χ3n) is 1.31. The standard InChI is InChI=1S/C7H15NO3/c1-5(2)6(10)7(11)8-3-4-9/h5-6,9-10H,3-4H2,1-2H3,(H,8,11)/t6-/m0/s1. The Morgan fingerprint density at radius 3 is 2.45 bits per heavy atom. The summed E-state index contributed by atoms with van der Waals surface area (Å²) >= 11 is 0. The fourth-order valence-electron chi connectivity index (χ4n) is 0.586. The lowest BCUT2D eigenvalue weighted by Gasteiger charge is -2.13. The molecule has 0 aromatic heterocycles. The molecule has 0 aromatic rings. The maximum absolute atomic E-state index is 10.9. The second-order valence-electron chi connectivity index (χ2n) is 2.70. The largest absolute Gasteiger partial charge is 0.395 e. The Kier molecular flexibility index (Phi) is 4.81. The monoisotopic (exact) mass is 161 g/mol. The van der Waals surface area contributed by atoms with Gasteiger partial charge >= 0.3 is 0 Å². The Labute approximate surface area is 66.2 Å². The Morgan fingerprint density at radius 1 is 1.55 bits per heavy atom. The van der Waals surface area contributed by atoms with E-state index in [4.69, 9.17) is 10.2 Å². The highest BCUT2D eigenvalue weighted by Gasteiger charge is 2.17. The van der Waals surface area contributed by atoms with Gasteiger partial charge in [-0.05, 0) is 5.92 Å². The molecule has 66 valence electrons. The van der Waals surface area contributed by atoms with E-state index < -0.39 is 12.0 Å². The minimum Gasteiger partial charge on any atom is -0.395 e. The van der Waals surface area contributed by atoms with Gasteiger partial charge in [0, 0.05) is 6.54 Å². The summed E-state index contributed by atoms with van der Waals surface area (Å²) in [5.74, 6) is -0.511. The molecule has 0 fully saturated rings. The highest BCUT2D eigenvalue weighted by molar-refractivity contribution is 5.80. The van der Waals surface area contributed by atoms with Gasteiger partial charge in [-0.15, -0.1) is 0 Å². The van der Waals surface area contributed by atoms with Crippen molar-refractivity contribution in [3.8, 4) is 0 Å². The third kappa shape index (κ3) is 3.95. The first-order valence-electron chi connectivity index (χ1n) is 3.66. The van der Waals surface area contributed by atoms with Crippen molar-refractivity contribution in [3.05, 3.63) is 0 Å². The van der Waals surface area contributed by atoms with Crippen LogP contribution in [0.5, 0.6) is 0 Å². The minimum atomic E-state index is -0.971. The Hall–Kier alpha value is -0.610. The lowest BCUT2D eigenvalue weighted by Crippen LogP contribution is -2.38. The third-order valence-corrected chi connectivity index (χ3v) is 1.31. The second kappa shape index (κ2) is 5.09. The zero-order valence-electron chi connectivity index (χ0n) is 6.87. The Morgan fingerprint density at radius 2 is 2.09 bits per heavy atom. The summed E-state index contributed by atoms with van der Waals surface area (Å²) in [6, 6.07) is 0. The van der Waals surface area contributed by atoms with Crippen molar-refractivity contribution >= 4 is 5.91 Å². The number of carbonyl (C=O) groups excluding carboxylic acids is 1. The normalized spacial score (nSPS) is 13.2. The van der Waals surface area contributed by atoms with E-state index in [2.05, 4.69) is 5.32 Å². The van der Waals surface area contributed by atoms with Crippen LogP contribution in [0.4, 0.5) is 0 Å². The Bertz CT molecular complexity index is 125. The minimum absolute atomic E-state index is 0.0892. The molecule has 0 aliphatic rings. The molecule has 0 saturated heterocycles. The van der Waals surface area contributed by atoms with E-state index >= 15 is 0 Å². The van der Waals surface area contributed by atoms with Gasteiger partial charge in [0.15, 0.2) is 0 Å². The zero-order valence-corrected chi connectivity index (χ0v) is 6.87. The van der Waals surface area contributed by atoms with Crippen LogP contribution in [0, 0.1) is 5.92 Å². The fraction of sp³-hybridized carbons (Fsp3) is 0.857. The molecule has 4 heteroatoms. The van der Waals surface area contributed by atoms with Gasteiger partial charge in [-0.1, -0.05) is 13.8 Å². The van der Waals surface area contributed by atoms with Gasteiger partial charge in [-0.2, -0.15) is 0 Å². The van der Waals surface area contributed by atoms with E-state index in [1.54, 1.807) is 13.8 Å². The number of aliphatic hydroxyl groups excluding tert-OH is 2. The average molecular weight is 161 g/mol. The van der Waals surface area contributed by atoms with Crippen molar-refractivity contribution in [2.75, 3.05) is 13.2 Å². The predicted octanol–water partition coefficient (Wildman–Crippen LogP) is -0.888. The predicted molar refractivity (Wildman–Crippen MR) is 40.9 cm³/mol. The maximum atomic E-state index is 10.9. The van der Waals surface area contributed by atoms with Gasteiger partial charge in [0.1, 0.15) is 6.10 Å². The zero-order chi connectivity index (χ0) is 8.85. The van der Waals surface area contributed by atoms with Crippen molar-refractivity contribution < 1.29 is 15.0 Å². The van der Waals surface area contributed by atoms with E-state index in [0.717, 1.165) is 0 Å². The topological polar surface area (TPSA) is 69.6 Å². The smallest absolute Gasteiger partial charge is 0.249 e. The molecule has 0 aromatic carbocycles. The van der Waals surface area contributed by atoms with Gasteiger partial charge in [0.05, 0.1) is 6.61 Å². The molecular formula is C7H15NO3. The van der Waals surface area contributed by atoms with Crippen LogP contribution in [-0.4, -0.2) is 35.4 Å². The van der Waals surface area contributed by atoms with Gasteiger partial charge in [-0.3, -0.25) is 4.79 Å². The molecule has 0 heterocycles. The second-order valence-corrected chi connectivity index (χ2v) is 2.70. The van der Waals surface area contributed by atoms with E-state index in [9.17, 15) is 4.79 Å². The molecule has 0 spiro atoms. The summed E-state index contributed by atoms with van der Waals surface area (Å²) in [6.45, 7) is 3.60. The lowest BCUT2D eigenvalue weighted by atomic mass is 10.1. The van der Waals surface area contributed by atoms with Crippen LogP contribution in [0.1, 0.15) is 13.8 Å². The van der Waals surface area contributed by atoms with Crippen LogP contribution >= 0.6 is 0 Å². The molecule has 0 aliphatic heterocycles. The quantitative estimate of drug-likeness (QED) is 0.501. The van der Waals surface area contributed by atoms with Crippen molar-refractivity contribution in [2.24, 2.45) is 5.92 Å². The molecule has 1 amide bonds. The molecule has 0 saturated carbocycles. The molecular weight excluding hydrogens is 146 g/mol. The molecule has 0 rings (SSSR count). The van der Waals surface area contributed by atoms with E-state index in [1.165, 1.54) is 0 Å². The summed E-state index contributed by atoms with van der Waals surface area (Å²) < 4.78 is 0. The van der Waals surface area contributed by atoms with Crippen molar-refractivity contribution in [3.63, 3.8) is 0 Å². The van der Waals surface area contributed by atoms with Gasteiger partial charge in [0.25, 0.3) is 0 Å².